The number of nitrogens with one attached hydrogen (secondary N) is 1. The lowest BCUT2D eigenvalue weighted by atomic mass is 10.2. The van der Waals surface area contributed by atoms with Gasteiger partial charge in [-0.2, -0.15) is 0 Å². The number of hydrogen-bond donors (Lipinski definition) is 1. The van der Waals surface area contributed by atoms with E-state index in [4.69, 9.17) is 0 Å². The topological polar surface area (TPSA) is 28.7 Å². The second-order valence-corrected chi connectivity index (χ2v) is 5.76. The second kappa shape index (κ2) is 4.68. The molecular weight excluding hydrogens is 382 g/mol. The van der Waals surface area contributed by atoms with E-state index in [1.54, 1.807) is 18.2 Å². The molecule has 1 heterocycles. The van der Waals surface area contributed by atoms with Gasteiger partial charge in [-0.05, 0) is 40.2 Å². The van der Waals surface area contributed by atoms with Gasteiger partial charge >= 0.3 is 0 Å². The zero-order chi connectivity index (χ0) is 13.6. The Morgan fingerprint density at radius 2 is 1.79 bits per heavy atom. The van der Waals surface area contributed by atoms with Gasteiger partial charge in [0.1, 0.15) is 17.5 Å². The van der Waals surface area contributed by atoms with Gasteiger partial charge in [0.05, 0.1) is 21.1 Å². The monoisotopic (exact) mass is 386 g/mol. The zero-order valence-corrected chi connectivity index (χ0v) is 12.5. The molecule has 6 heteroatoms. The van der Waals surface area contributed by atoms with Crippen LogP contribution in [-0.2, 0) is 0 Å². The molecule has 96 valence electrons. The molecule has 0 aliphatic carbocycles. The Morgan fingerprint density at radius 3 is 2.58 bits per heavy atom. The van der Waals surface area contributed by atoms with Crippen LogP contribution in [0.2, 0.25) is 0 Å². The molecule has 1 N–H and O–H groups in total. The number of fused-ring (bicyclic) bond motifs is 1. The number of halogens is 4. The van der Waals surface area contributed by atoms with Crippen LogP contribution in [0.1, 0.15) is 0 Å². The van der Waals surface area contributed by atoms with Crippen LogP contribution in [0.5, 0.6) is 0 Å². The van der Waals surface area contributed by atoms with Crippen molar-refractivity contribution >= 4 is 42.9 Å². The number of benzene rings is 2. The molecule has 0 aliphatic heterocycles. The van der Waals surface area contributed by atoms with Crippen LogP contribution in [0.25, 0.3) is 22.4 Å². The van der Waals surface area contributed by atoms with E-state index >= 15 is 0 Å². The van der Waals surface area contributed by atoms with Gasteiger partial charge in [0.15, 0.2) is 0 Å². The van der Waals surface area contributed by atoms with Gasteiger partial charge in [-0.15, -0.1) is 0 Å². The van der Waals surface area contributed by atoms with Crippen molar-refractivity contribution in [2.24, 2.45) is 0 Å². The molecule has 0 saturated carbocycles. The Labute approximate surface area is 124 Å². The molecule has 1 aromatic heterocycles. The van der Waals surface area contributed by atoms with Gasteiger partial charge in [0.25, 0.3) is 0 Å². The summed E-state index contributed by atoms with van der Waals surface area (Å²) in [6, 6.07) is 7.46. The van der Waals surface area contributed by atoms with Gasteiger partial charge in [-0.1, -0.05) is 15.9 Å². The third kappa shape index (κ3) is 2.30. The summed E-state index contributed by atoms with van der Waals surface area (Å²) >= 11 is 6.38. The van der Waals surface area contributed by atoms with Crippen molar-refractivity contribution in [3.05, 3.63) is 50.9 Å². The number of rotatable bonds is 1. The molecule has 0 amide bonds. The van der Waals surface area contributed by atoms with Crippen molar-refractivity contribution < 1.29 is 8.78 Å². The van der Waals surface area contributed by atoms with Crippen molar-refractivity contribution in [1.82, 2.24) is 9.97 Å². The Bertz CT molecular complexity index is 745. The minimum absolute atomic E-state index is 0.327. The lowest BCUT2D eigenvalue weighted by molar-refractivity contribution is 0.623. The Balaban J connectivity index is 2.23. The summed E-state index contributed by atoms with van der Waals surface area (Å²) in [6.45, 7) is 0. The minimum Gasteiger partial charge on any atom is -0.338 e. The quantitative estimate of drug-likeness (QED) is 0.623. The molecule has 2 aromatic carbocycles. The first-order valence-corrected chi connectivity index (χ1v) is 6.93. The molecule has 19 heavy (non-hydrogen) atoms. The predicted molar refractivity (Wildman–Crippen MR) is 76.8 cm³/mol. The molecule has 0 bridgehead atoms. The molecule has 3 aromatic rings. The first-order chi connectivity index (χ1) is 9.04. The normalized spacial score (nSPS) is 11.2. The standard InChI is InChI=1S/C13H6Br2F2N2/c14-6-1-2-9(16)7(3-6)13-18-11-4-8(15)10(17)5-12(11)19-13/h1-5H,(H,18,19). The van der Waals surface area contributed by atoms with Gasteiger partial charge in [0, 0.05) is 10.5 Å². The zero-order valence-electron chi connectivity index (χ0n) is 9.35. The fourth-order valence-corrected chi connectivity index (χ4v) is 2.50. The van der Waals surface area contributed by atoms with Crippen molar-refractivity contribution in [2.75, 3.05) is 0 Å². The molecule has 2 nitrogen and oxygen atoms in total. The summed E-state index contributed by atoms with van der Waals surface area (Å²) in [5.41, 5.74) is 1.43. The maximum Gasteiger partial charge on any atom is 0.141 e. The highest BCUT2D eigenvalue weighted by Crippen LogP contribution is 2.28. The van der Waals surface area contributed by atoms with Crippen LogP contribution in [0.3, 0.4) is 0 Å². The molecule has 0 fully saturated rings. The molecule has 0 saturated heterocycles. The van der Waals surface area contributed by atoms with Crippen molar-refractivity contribution in [1.29, 1.82) is 0 Å². The Kier molecular flexibility index (Phi) is 3.14. The highest BCUT2D eigenvalue weighted by Gasteiger charge is 2.12. The molecule has 0 atom stereocenters. The van der Waals surface area contributed by atoms with Crippen molar-refractivity contribution in [2.45, 2.75) is 0 Å². The summed E-state index contributed by atoms with van der Waals surface area (Å²) in [4.78, 5) is 7.19. The van der Waals surface area contributed by atoms with Crippen LogP contribution >= 0.6 is 31.9 Å². The molecule has 0 radical (unpaired) electrons. The van der Waals surface area contributed by atoms with E-state index in [2.05, 4.69) is 41.8 Å². The first kappa shape index (κ1) is 12.7. The highest BCUT2D eigenvalue weighted by atomic mass is 79.9. The predicted octanol–water partition coefficient (Wildman–Crippen LogP) is 5.03. The van der Waals surface area contributed by atoms with Crippen LogP contribution < -0.4 is 0 Å². The fourth-order valence-electron chi connectivity index (χ4n) is 1.81. The number of hydrogen-bond acceptors (Lipinski definition) is 1. The lowest BCUT2D eigenvalue weighted by Gasteiger charge is -1.99. The van der Waals surface area contributed by atoms with Gasteiger partial charge in [0.2, 0.25) is 0 Å². The molecule has 0 aliphatic rings. The van der Waals surface area contributed by atoms with E-state index in [-0.39, 0.29) is 5.82 Å². The molecular formula is C13H6Br2F2N2. The Hall–Kier alpha value is -1.27. The smallest absolute Gasteiger partial charge is 0.141 e. The van der Waals surface area contributed by atoms with E-state index in [0.29, 0.717) is 26.9 Å². The SMILES string of the molecule is Fc1cc2[nH]c(-c3cc(Br)ccc3F)nc2cc1Br. The van der Waals surface area contributed by atoms with Crippen LogP contribution in [0.4, 0.5) is 8.78 Å². The third-order valence-corrected chi connectivity index (χ3v) is 3.81. The van der Waals surface area contributed by atoms with Crippen LogP contribution in [-0.4, -0.2) is 9.97 Å². The van der Waals surface area contributed by atoms with Gasteiger partial charge in [-0.3, -0.25) is 0 Å². The minimum atomic E-state index is -0.391. The van der Waals surface area contributed by atoms with E-state index in [0.717, 1.165) is 4.47 Å². The average molecular weight is 388 g/mol. The number of aromatic amines is 1. The third-order valence-electron chi connectivity index (χ3n) is 2.71. The number of imidazole rings is 1. The molecule has 0 spiro atoms. The number of aromatic nitrogens is 2. The summed E-state index contributed by atoms with van der Waals surface area (Å²) in [6.07, 6.45) is 0. The summed E-state index contributed by atoms with van der Waals surface area (Å²) in [5.74, 6) is -0.412. The number of H-pyrrole nitrogens is 1. The van der Waals surface area contributed by atoms with Gasteiger partial charge in [-0.25, -0.2) is 13.8 Å². The van der Waals surface area contributed by atoms with Crippen molar-refractivity contribution in [3.8, 4) is 11.4 Å². The van der Waals surface area contributed by atoms with Gasteiger partial charge < -0.3 is 4.98 Å². The van der Waals surface area contributed by atoms with E-state index in [1.807, 2.05) is 0 Å². The summed E-state index contributed by atoms with van der Waals surface area (Å²) in [5, 5.41) is 0. The Morgan fingerprint density at radius 1 is 1.00 bits per heavy atom. The van der Waals surface area contributed by atoms with E-state index in [1.165, 1.54) is 12.1 Å². The van der Waals surface area contributed by atoms with Crippen LogP contribution in [0, 0.1) is 11.6 Å². The highest BCUT2D eigenvalue weighted by molar-refractivity contribution is 9.10. The summed E-state index contributed by atoms with van der Waals surface area (Å²) < 4.78 is 28.3. The molecule has 0 unspecified atom stereocenters. The second-order valence-electron chi connectivity index (χ2n) is 3.99. The first-order valence-electron chi connectivity index (χ1n) is 5.35. The lowest BCUT2D eigenvalue weighted by Crippen LogP contribution is -1.86. The van der Waals surface area contributed by atoms with Crippen LogP contribution in [0.15, 0.2) is 39.3 Å². The maximum absolute atomic E-state index is 13.8. The fraction of sp³-hybridized carbons (Fsp3) is 0. The maximum atomic E-state index is 13.8. The van der Waals surface area contributed by atoms with E-state index < -0.39 is 5.82 Å². The average Bonchev–Trinajstić information content (AvgIpc) is 2.75. The largest absolute Gasteiger partial charge is 0.338 e. The van der Waals surface area contributed by atoms with E-state index in [9.17, 15) is 8.78 Å². The molecule has 3 rings (SSSR count). The van der Waals surface area contributed by atoms with Crippen molar-refractivity contribution in [3.63, 3.8) is 0 Å². The summed E-state index contributed by atoms with van der Waals surface area (Å²) in [7, 11) is 0. The number of nitrogens with zero attached hydrogens (tertiary/aromatic N) is 1.